The lowest BCUT2D eigenvalue weighted by atomic mass is 10.3. The van der Waals surface area contributed by atoms with Gasteiger partial charge in [-0.25, -0.2) is 0 Å². The summed E-state index contributed by atoms with van der Waals surface area (Å²) in [5.74, 6) is 0.883. The van der Waals surface area contributed by atoms with Crippen molar-refractivity contribution in [3.8, 4) is 5.75 Å². The second kappa shape index (κ2) is 4.78. The number of halogens is 2. The highest BCUT2D eigenvalue weighted by Gasteiger charge is 2.01. The molecule has 1 unspecified atom stereocenters. The van der Waals surface area contributed by atoms with Crippen molar-refractivity contribution in [1.29, 1.82) is 0 Å². The molecule has 0 spiro atoms. The highest BCUT2D eigenvalue weighted by Crippen LogP contribution is 2.14. The first-order valence-electron chi connectivity index (χ1n) is 3.24. The van der Waals surface area contributed by atoms with Gasteiger partial charge >= 0.3 is 0 Å². The summed E-state index contributed by atoms with van der Waals surface area (Å²) >= 11 is 6.64. The molecule has 0 aliphatic heterocycles. The summed E-state index contributed by atoms with van der Waals surface area (Å²) < 4.78 is 5.43. The second-order valence-corrected chi connectivity index (χ2v) is 3.66. The van der Waals surface area contributed by atoms with Crippen LogP contribution in [0.4, 0.5) is 0 Å². The van der Waals surface area contributed by atoms with Gasteiger partial charge in [-0.1, -0.05) is 34.1 Å². The summed E-state index contributed by atoms with van der Waals surface area (Å²) in [7, 11) is 0. The van der Waals surface area contributed by atoms with E-state index in [1.54, 1.807) is 0 Å². The van der Waals surface area contributed by atoms with E-state index in [1.807, 2.05) is 30.3 Å². The Bertz CT molecular complexity index is 201. The number of alkyl halides is 2. The molecule has 0 heterocycles. The van der Waals surface area contributed by atoms with Crippen LogP contribution < -0.4 is 4.74 Å². The van der Waals surface area contributed by atoms with Crippen LogP contribution in [0.2, 0.25) is 0 Å². The lowest BCUT2D eigenvalue weighted by Crippen LogP contribution is -2.08. The third kappa shape index (κ3) is 3.25. The fourth-order valence-electron chi connectivity index (χ4n) is 0.678. The summed E-state index contributed by atoms with van der Waals surface area (Å²) in [6.45, 7) is 0. The molecular weight excluding hydrogens is 272 g/mol. The monoisotopic (exact) mass is 278 g/mol. The maximum Gasteiger partial charge on any atom is 0.162 e. The summed E-state index contributed by atoms with van der Waals surface area (Å²) in [6.07, 6.45) is 0. The number of rotatable bonds is 3. The van der Waals surface area contributed by atoms with Gasteiger partial charge < -0.3 is 4.74 Å². The molecule has 1 nitrogen and oxygen atoms in total. The Kier molecular flexibility index (Phi) is 3.94. The smallest absolute Gasteiger partial charge is 0.162 e. The Morgan fingerprint density at radius 3 is 2.45 bits per heavy atom. The van der Waals surface area contributed by atoms with Gasteiger partial charge in [0.1, 0.15) is 5.75 Å². The highest BCUT2D eigenvalue weighted by atomic mass is 79.9. The minimum atomic E-state index is 0.0462. The Morgan fingerprint density at radius 1 is 1.27 bits per heavy atom. The Morgan fingerprint density at radius 2 is 1.91 bits per heavy atom. The highest BCUT2D eigenvalue weighted by molar-refractivity contribution is 9.12. The van der Waals surface area contributed by atoms with E-state index >= 15 is 0 Å². The first-order valence-corrected chi connectivity index (χ1v) is 5.28. The quantitative estimate of drug-likeness (QED) is 0.773. The van der Waals surface area contributed by atoms with Crippen molar-refractivity contribution in [2.24, 2.45) is 0 Å². The molecule has 0 amide bonds. The number of hydrogen-bond acceptors (Lipinski definition) is 1. The normalized spacial score (nSPS) is 12.5. The van der Waals surface area contributed by atoms with Gasteiger partial charge in [-0.15, -0.1) is 0 Å². The maximum atomic E-state index is 5.43. The van der Waals surface area contributed by atoms with Gasteiger partial charge in [-0.05, 0) is 28.1 Å². The van der Waals surface area contributed by atoms with E-state index in [4.69, 9.17) is 4.74 Å². The van der Waals surface area contributed by atoms with Crippen LogP contribution in [0.15, 0.2) is 30.3 Å². The second-order valence-electron chi connectivity index (χ2n) is 2.00. The molecule has 1 atom stereocenters. The van der Waals surface area contributed by atoms with Crippen LogP contribution in [-0.2, 0) is 0 Å². The van der Waals surface area contributed by atoms with Crippen molar-refractivity contribution in [3.63, 3.8) is 0 Å². The van der Waals surface area contributed by atoms with Crippen molar-refractivity contribution in [2.45, 2.75) is 5.01 Å². The number of ether oxygens (including phenoxy) is 1. The van der Waals surface area contributed by atoms with Crippen LogP contribution in [0.5, 0.6) is 5.75 Å². The predicted octanol–water partition coefficient (Wildman–Crippen LogP) is 3.18. The zero-order valence-corrected chi connectivity index (χ0v) is 9.01. The average molecular weight is 280 g/mol. The van der Waals surface area contributed by atoms with Crippen LogP contribution in [0, 0.1) is 0 Å². The van der Waals surface area contributed by atoms with Crippen LogP contribution in [0.25, 0.3) is 0 Å². The van der Waals surface area contributed by atoms with Gasteiger partial charge in [0, 0.05) is 0 Å². The van der Waals surface area contributed by atoms with Crippen molar-refractivity contribution in [2.75, 3.05) is 5.33 Å². The average Bonchev–Trinajstić information content (AvgIpc) is 2.06. The molecule has 60 valence electrons. The van der Waals surface area contributed by atoms with Gasteiger partial charge in [-0.3, -0.25) is 0 Å². The van der Waals surface area contributed by atoms with E-state index < -0.39 is 0 Å². The molecule has 0 aromatic heterocycles. The third-order valence-electron chi connectivity index (χ3n) is 1.13. The van der Waals surface area contributed by atoms with Crippen molar-refractivity contribution < 1.29 is 4.74 Å². The maximum absolute atomic E-state index is 5.43. The Labute approximate surface area is 83.0 Å². The van der Waals surface area contributed by atoms with E-state index in [9.17, 15) is 0 Å². The topological polar surface area (TPSA) is 9.23 Å². The van der Waals surface area contributed by atoms with Crippen molar-refractivity contribution >= 4 is 31.9 Å². The van der Waals surface area contributed by atoms with Gasteiger partial charge in [0.05, 0.1) is 5.33 Å². The predicted molar refractivity (Wildman–Crippen MR) is 53.6 cm³/mol. The molecule has 0 fully saturated rings. The first kappa shape index (κ1) is 9.07. The standard InChI is InChI=1S/C8H8Br2O/c9-6-8(10)11-7-4-2-1-3-5-7/h1-5,8H,6H2. The van der Waals surface area contributed by atoms with Crippen LogP contribution in [-0.4, -0.2) is 10.3 Å². The summed E-state index contributed by atoms with van der Waals surface area (Å²) in [6, 6.07) is 9.71. The summed E-state index contributed by atoms with van der Waals surface area (Å²) in [5, 5.41) is 0.826. The van der Waals surface area contributed by atoms with Gasteiger partial charge in [0.2, 0.25) is 0 Å². The van der Waals surface area contributed by atoms with Crippen LogP contribution in [0.1, 0.15) is 0 Å². The molecule has 0 N–H and O–H groups in total. The Balaban J connectivity index is 2.51. The molecule has 3 heteroatoms. The molecule has 1 aromatic rings. The van der Waals surface area contributed by atoms with E-state index in [-0.39, 0.29) is 5.01 Å². The lowest BCUT2D eigenvalue weighted by molar-refractivity contribution is 0.319. The number of hydrogen-bond donors (Lipinski definition) is 0. The lowest BCUT2D eigenvalue weighted by Gasteiger charge is -2.08. The van der Waals surface area contributed by atoms with Gasteiger partial charge in [0.15, 0.2) is 5.01 Å². The molecule has 0 saturated heterocycles. The van der Waals surface area contributed by atoms with E-state index in [0.717, 1.165) is 11.1 Å². The van der Waals surface area contributed by atoms with Crippen molar-refractivity contribution in [1.82, 2.24) is 0 Å². The molecule has 1 aromatic carbocycles. The van der Waals surface area contributed by atoms with E-state index in [0.29, 0.717) is 0 Å². The molecule has 0 saturated carbocycles. The summed E-state index contributed by atoms with van der Waals surface area (Å²) in [4.78, 5) is 0. The van der Waals surface area contributed by atoms with Crippen LogP contribution >= 0.6 is 31.9 Å². The summed E-state index contributed by atoms with van der Waals surface area (Å²) in [5.41, 5.74) is 0. The zero-order valence-electron chi connectivity index (χ0n) is 5.84. The van der Waals surface area contributed by atoms with Gasteiger partial charge in [-0.2, -0.15) is 0 Å². The zero-order chi connectivity index (χ0) is 8.10. The van der Waals surface area contributed by atoms with Crippen LogP contribution in [0.3, 0.4) is 0 Å². The fourth-order valence-corrected chi connectivity index (χ4v) is 1.03. The van der Waals surface area contributed by atoms with E-state index in [2.05, 4.69) is 31.9 Å². The molecule has 11 heavy (non-hydrogen) atoms. The Hall–Kier alpha value is -0.0200. The third-order valence-corrected chi connectivity index (χ3v) is 3.10. The van der Waals surface area contributed by atoms with Gasteiger partial charge in [0.25, 0.3) is 0 Å². The molecular formula is C8H8Br2O. The minimum Gasteiger partial charge on any atom is -0.478 e. The molecule has 0 aliphatic rings. The minimum absolute atomic E-state index is 0.0462. The van der Waals surface area contributed by atoms with E-state index in [1.165, 1.54) is 0 Å². The molecule has 0 radical (unpaired) electrons. The fraction of sp³-hybridized carbons (Fsp3) is 0.250. The first-order chi connectivity index (χ1) is 5.33. The largest absolute Gasteiger partial charge is 0.478 e. The van der Waals surface area contributed by atoms with Crippen molar-refractivity contribution in [3.05, 3.63) is 30.3 Å². The number of benzene rings is 1. The molecule has 1 rings (SSSR count). The number of para-hydroxylation sites is 1. The SMILES string of the molecule is BrCC(Br)Oc1ccccc1. The molecule has 0 aliphatic carbocycles. The molecule has 0 bridgehead atoms.